The number of nitrogens with two attached hydrogens (primary N) is 1. The SMILES string of the molecule is Cc1ccc(OCC2CNC(=O)O2)c([C@@H](C)N)c1. The maximum Gasteiger partial charge on any atom is 0.407 e. The number of carbonyl (C=O) groups excluding carboxylic acids is 1. The van der Waals surface area contributed by atoms with Crippen LogP contribution in [0.2, 0.25) is 0 Å². The molecule has 5 heteroatoms. The zero-order valence-electron chi connectivity index (χ0n) is 10.6. The Morgan fingerprint density at radius 2 is 2.39 bits per heavy atom. The van der Waals surface area contributed by atoms with Gasteiger partial charge in [-0.2, -0.15) is 0 Å². The second kappa shape index (κ2) is 5.27. The summed E-state index contributed by atoms with van der Waals surface area (Å²) in [5, 5.41) is 2.59. The summed E-state index contributed by atoms with van der Waals surface area (Å²) in [7, 11) is 0. The molecule has 1 amide bonds. The molecule has 1 fully saturated rings. The van der Waals surface area contributed by atoms with Crippen molar-refractivity contribution in [1.29, 1.82) is 0 Å². The first-order valence-corrected chi connectivity index (χ1v) is 5.99. The van der Waals surface area contributed by atoms with Gasteiger partial charge in [0.15, 0.2) is 6.10 Å². The summed E-state index contributed by atoms with van der Waals surface area (Å²) in [5.41, 5.74) is 8.02. The molecule has 5 nitrogen and oxygen atoms in total. The lowest BCUT2D eigenvalue weighted by atomic mass is 10.1. The molecule has 1 heterocycles. The molecular formula is C13H18N2O3. The molecule has 1 aromatic carbocycles. The summed E-state index contributed by atoms with van der Waals surface area (Å²) in [4.78, 5) is 10.9. The Morgan fingerprint density at radius 1 is 1.61 bits per heavy atom. The first kappa shape index (κ1) is 12.7. The highest BCUT2D eigenvalue weighted by molar-refractivity contribution is 5.69. The van der Waals surface area contributed by atoms with Gasteiger partial charge in [-0.15, -0.1) is 0 Å². The monoisotopic (exact) mass is 250 g/mol. The molecule has 2 atom stereocenters. The summed E-state index contributed by atoms with van der Waals surface area (Å²) >= 11 is 0. The quantitative estimate of drug-likeness (QED) is 0.849. The number of cyclic esters (lactones) is 1. The van der Waals surface area contributed by atoms with Crippen molar-refractivity contribution in [2.45, 2.75) is 26.0 Å². The van der Waals surface area contributed by atoms with Crippen LogP contribution in [-0.2, 0) is 4.74 Å². The Bertz CT molecular complexity index is 446. The van der Waals surface area contributed by atoms with Crippen molar-refractivity contribution in [3.8, 4) is 5.75 Å². The molecule has 0 aliphatic carbocycles. The van der Waals surface area contributed by atoms with E-state index < -0.39 is 0 Å². The third-order valence-electron chi connectivity index (χ3n) is 2.83. The average molecular weight is 250 g/mol. The van der Waals surface area contributed by atoms with E-state index in [1.165, 1.54) is 0 Å². The largest absolute Gasteiger partial charge is 0.489 e. The lowest BCUT2D eigenvalue weighted by Crippen LogP contribution is -2.22. The van der Waals surface area contributed by atoms with Crippen LogP contribution in [0.4, 0.5) is 4.79 Å². The standard InChI is InChI=1S/C13H18N2O3/c1-8-3-4-12(11(5-8)9(2)14)17-7-10-6-15-13(16)18-10/h3-5,9-10H,6-7,14H2,1-2H3,(H,15,16)/t9-,10?/m1/s1. The van der Waals surface area contributed by atoms with Gasteiger partial charge in [-0.3, -0.25) is 0 Å². The fourth-order valence-corrected chi connectivity index (χ4v) is 1.86. The Balaban J connectivity index is 2.02. The second-order valence-corrected chi connectivity index (χ2v) is 4.55. The van der Waals surface area contributed by atoms with E-state index in [0.717, 1.165) is 16.9 Å². The van der Waals surface area contributed by atoms with Crippen molar-refractivity contribution in [2.75, 3.05) is 13.2 Å². The normalized spacial score (nSPS) is 20.2. The van der Waals surface area contributed by atoms with Crippen LogP contribution in [0.5, 0.6) is 5.75 Å². The summed E-state index contributed by atoms with van der Waals surface area (Å²) in [6.45, 7) is 4.75. The smallest absolute Gasteiger partial charge is 0.407 e. The van der Waals surface area contributed by atoms with Crippen LogP contribution in [0, 0.1) is 6.92 Å². The molecule has 1 saturated heterocycles. The minimum Gasteiger partial charge on any atom is -0.489 e. The summed E-state index contributed by atoms with van der Waals surface area (Å²) in [6.07, 6.45) is -0.625. The van der Waals surface area contributed by atoms with Crippen molar-refractivity contribution >= 4 is 6.09 Å². The number of hydrogen-bond donors (Lipinski definition) is 2. The molecule has 18 heavy (non-hydrogen) atoms. The molecule has 0 radical (unpaired) electrons. The minimum atomic E-state index is -0.389. The molecule has 1 aromatic rings. The molecular weight excluding hydrogens is 232 g/mol. The topological polar surface area (TPSA) is 73.6 Å². The van der Waals surface area contributed by atoms with Crippen LogP contribution in [0.1, 0.15) is 24.1 Å². The van der Waals surface area contributed by atoms with E-state index in [9.17, 15) is 4.79 Å². The van der Waals surface area contributed by atoms with Crippen molar-refractivity contribution in [2.24, 2.45) is 5.73 Å². The third-order valence-corrected chi connectivity index (χ3v) is 2.83. The molecule has 0 aromatic heterocycles. The highest BCUT2D eigenvalue weighted by Gasteiger charge is 2.23. The molecule has 0 saturated carbocycles. The van der Waals surface area contributed by atoms with Crippen LogP contribution >= 0.6 is 0 Å². The van der Waals surface area contributed by atoms with Gasteiger partial charge in [-0.05, 0) is 19.9 Å². The van der Waals surface area contributed by atoms with E-state index in [1.54, 1.807) is 0 Å². The van der Waals surface area contributed by atoms with Crippen molar-refractivity contribution in [1.82, 2.24) is 5.32 Å². The number of carbonyl (C=O) groups is 1. The van der Waals surface area contributed by atoms with Gasteiger partial charge in [0, 0.05) is 11.6 Å². The number of aryl methyl sites for hydroxylation is 1. The second-order valence-electron chi connectivity index (χ2n) is 4.55. The lowest BCUT2D eigenvalue weighted by Gasteiger charge is -2.16. The molecule has 0 bridgehead atoms. The molecule has 1 unspecified atom stereocenters. The first-order valence-electron chi connectivity index (χ1n) is 5.99. The van der Waals surface area contributed by atoms with Gasteiger partial charge in [-0.1, -0.05) is 17.7 Å². The van der Waals surface area contributed by atoms with Gasteiger partial charge < -0.3 is 20.5 Å². The highest BCUT2D eigenvalue weighted by atomic mass is 16.6. The van der Waals surface area contributed by atoms with Crippen LogP contribution in [-0.4, -0.2) is 25.3 Å². The Morgan fingerprint density at radius 3 is 3.00 bits per heavy atom. The fraction of sp³-hybridized carbons (Fsp3) is 0.462. The summed E-state index contributed by atoms with van der Waals surface area (Å²) in [6, 6.07) is 5.79. The first-order chi connectivity index (χ1) is 8.56. The van der Waals surface area contributed by atoms with Crippen LogP contribution in [0.3, 0.4) is 0 Å². The van der Waals surface area contributed by atoms with Crippen LogP contribution in [0.15, 0.2) is 18.2 Å². The maximum atomic E-state index is 10.9. The number of hydrogen-bond acceptors (Lipinski definition) is 4. The zero-order valence-corrected chi connectivity index (χ0v) is 10.6. The average Bonchev–Trinajstić information content (AvgIpc) is 2.73. The molecule has 3 N–H and O–H groups in total. The maximum absolute atomic E-state index is 10.9. The van der Waals surface area contributed by atoms with Crippen molar-refractivity contribution < 1.29 is 14.3 Å². The van der Waals surface area contributed by atoms with Crippen molar-refractivity contribution in [3.05, 3.63) is 29.3 Å². The predicted molar refractivity (Wildman–Crippen MR) is 67.5 cm³/mol. The lowest BCUT2D eigenvalue weighted by molar-refractivity contribution is 0.104. The van der Waals surface area contributed by atoms with E-state index >= 15 is 0 Å². The molecule has 1 aliphatic heterocycles. The van der Waals surface area contributed by atoms with Gasteiger partial charge in [0.1, 0.15) is 12.4 Å². The predicted octanol–water partition coefficient (Wildman–Crippen LogP) is 1.50. The van der Waals surface area contributed by atoms with E-state index in [1.807, 2.05) is 32.0 Å². The van der Waals surface area contributed by atoms with Crippen LogP contribution < -0.4 is 15.8 Å². The number of benzene rings is 1. The number of amides is 1. The molecule has 98 valence electrons. The summed E-state index contributed by atoms with van der Waals surface area (Å²) in [5.74, 6) is 0.749. The van der Waals surface area contributed by atoms with E-state index in [4.69, 9.17) is 15.2 Å². The number of alkyl carbamates (subject to hydrolysis) is 1. The van der Waals surface area contributed by atoms with Gasteiger partial charge in [0.25, 0.3) is 0 Å². The zero-order chi connectivity index (χ0) is 13.1. The van der Waals surface area contributed by atoms with E-state index in [0.29, 0.717) is 13.2 Å². The molecule has 1 aliphatic rings. The highest BCUT2D eigenvalue weighted by Crippen LogP contribution is 2.25. The van der Waals surface area contributed by atoms with Crippen molar-refractivity contribution in [3.63, 3.8) is 0 Å². The Hall–Kier alpha value is -1.75. The van der Waals surface area contributed by atoms with E-state index in [-0.39, 0.29) is 18.2 Å². The van der Waals surface area contributed by atoms with Gasteiger partial charge in [-0.25, -0.2) is 4.79 Å². The van der Waals surface area contributed by atoms with Gasteiger partial charge >= 0.3 is 6.09 Å². The number of rotatable bonds is 4. The van der Waals surface area contributed by atoms with Gasteiger partial charge in [0.2, 0.25) is 0 Å². The Kier molecular flexibility index (Phi) is 3.72. The third kappa shape index (κ3) is 2.92. The Labute approximate surface area is 106 Å². The fourth-order valence-electron chi connectivity index (χ4n) is 1.86. The van der Waals surface area contributed by atoms with Gasteiger partial charge in [0.05, 0.1) is 6.54 Å². The minimum absolute atomic E-state index is 0.0934. The number of ether oxygens (including phenoxy) is 2. The number of nitrogens with one attached hydrogen (secondary N) is 1. The summed E-state index contributed by atoms with van der Waals surface area (Å²) < 4.78 is 10.7. The molecule has 2 rings (SSSR count). The molecule has 0 spiro atoms. The van der Waals surface area contributed by atoms with E-state index in [2.05, 4.69) is 5.32 Å². The van der Waals surface area contributed by atoms with Crippen LogP contribution in [0.25, 0.3) is 0 Å².